The quantitative estimate of drug-likeness (QED) is 0.771. The number of carbonyl (C=O) groups is 1. The summed E-state index contributed by atoms with van der Waals surface area (Å²) in [6, 6.07) is 0. The maximum atomic E-state index is 12.5. The lowest BCUT2D eigenvalue weighted by Gasteiger charge is -2.29. The fourth-order valence-corrected chi connectivity index (χ4v) is 2.50. The van der Waals surface area contributed by atoms with E-state index >= 15 is 0 Å². The summed E-state index contributed by atoms with van der Waals surface area (Å²) >= 11 is 0. The molecule has 20 heavy (non-hydrogen) atoms. The molecule has 2 aliphatic heterocycles. The van der Waals surface area contributed by atoms with Gasteiger partial charge in [-0.25, -0.2) is 0 Å². The van der Waals surface area contributed by atoms with Crippen LogP contribution in [0.5, 0.6) is 0 Å². The highest BCUT2D eigenvalue weighted by Crippen LogP contribution is 2.29. The van der Waals surface area contributed by atoms with Crippen LogP contribution in [0.15, 0.2) is 11.6 Å². The third kappa shape index (κ3) is 4.21. The summed E-state index contributed by atoms with van der Waals surface area (Å²) < 4.78 is 37.5. The zero-order valence-electron chi connectivity index (χ0n) is 11.4. The number of alkyl halides is 3. The van der Waals surface area contributed by atoms with Crippen molar-refractivity contribution in [2.24, 2.45) is 0 Å². The topological polar surface area (TPSA) is 35.6 Å². The highest BCUT2D eigenvalue weighted by atomic mass is 19.4. The van der Waals surface area contributed by atoms with Gasteiger partial charge in [0.1, 0.15) is 0 Å². The fourth-order valence-electron chi connectivity index (χ4n) is 2.50. The van der Waals surface area contributed by atoms with Gasteiger partial charge in [-0.3, -0.25) is 9.69 Å². The van der Waals surface area contributed by atoms with Crippen LogP contribution < -0.4 is 5.32 Å². The molecule has 2 aliphatic rings. The zero-order valence-corrected chi connectivity index (χ0v) is 11.4. The highest BCUT2D eigenvalue weighted by molar-refractivity contribution is 5.78. The molecule has 0 aliphatic carbocycles. The first-order chi connectivity index (χ1) is 9.47. The van der Waals surface area contributed by atoms with E-state index in [0.29, 0.717) is 13.1 Å². The van der Waals surface area contributed by atoms with Gasteiger partial charge in [0.25, 0.3) is 0 Å². The average Bonchev–Trinajstić information content (AvgIpc) is 2.67. The number of hydrogen-bond donors (Lipinski definition) is 1. The molecule has 0 radical (unpaired) electrons. The van der Waals surface area contributed by atoms with Crippen LogP contribution in [0.25, 0.3) is 0 Å². The molecule has 1 amide bonds. The molecule has 0 atom stereocenters. The van der Waals surface area contributed by atoms with Crippen molar-refractivity contribution >= 4 is 5.91 Å². The zero-order chi connectivity index (χ0) is 14.6. The summed E-state index contributed by atoms with van der Waals surface area (Å²) in [7, 11) is 0. The summed E-state index contributed by atoms with van der Waals surface area (Å²) in [5.74, 6) is 0.0116. The van der Waals surface area contributed by atoms with Gasteiger partial charge >= 0.3 is 6.18 Å². The number of carbonyl (C=O) groups excluding carboxylic acids is 1. The third-order valence-corrected chi connectivity index (χ3v) is 3.71. The summed E-state index contributed by atoms with van der Waals surface area (Å²) in [5, 5.41) is 3.22. The van der Waals surface area contributed by atoms with Gasteiger partial charge in [-0.15, -0.1) is 0 Å². The maximum absolute atomic E-state index is 12.5. The molecule has 1 saturated heterocycles. The van der Waals surface area contributed by atoms with E-state index in [0.717, 1.165) is 26.1 Å². The van der Waals surface area contributed by atoms with Gasteiger partial charge < -0.3 is 10.2 Å². The molecule has 1 fully saturated rings. The van der Waals surface area contributed by atoms with Crippen LogP contribution in [0.3, 0.4) is 0 Å². The minimum Gasteiger partial charge on any atom is -0.340 e. The fraction of sp³-hybridized carbons (Fsp3) is 0.769. The van der Waals surface area contributed by atoms with Gasteiger partial charge in [-0.2, -0.15) is 13.2 Å². The van der Waals surface area contributed by atoms with Gasteiger partial charge in [0.15, 0.2) is 0 Å². The van der Waals surface area contributed by atoms with Gasteiger partial charge in [0, 0.05) is 38.3 Å². The van der Waals surface area contributed by atoms with Gasteiger partial charge in [0.05, 0.1) is 6.54 Å². The first kappa shape index (κ1) is 15.3. The van der Waals surface area contributed by atoms with Crippen LogP contribution in [0, 0.1) is 0 Å². The second-order valence-electron chi connectivity index (χ2n) is 5.20. The Morgan fingerprint density at radius 1 is 1.25 bits per heavy atom. The van der Waals surface area contributed by atoms with E-state index < -0.39 is 11.7 Å². The summed E-state index contributed by atoms with van der Waals surface area (Å²) in [6.07, 6.45) is -2.14. The smallest absolute Gasteiger partial charge is 0.340 e. The first-order valence-corrected chi connectivity index (χ1v) is 6.94. The molecule has 2 rings (SSSR count). The van der Waals surface area contributed by atoms with E-state index in [9.17, 15) is 18.0 Å². The molecular weight excluding hydrogens is 271 g/mol. The van der Waals surface area contributed by atoms with E-state index in [1.54, 1.807) is 9.80 Å². The lowest BCUT2D eigenvalue weighted by molar-refractivity contribution is -0.132. The van der Waals surface area contributed by atoms with E-state index in [2.05, 4.69) is 5.32 Å². The Bertz CT molecular complexity index is 374. The maximum Gasteiger partial charge on any atom is 0.412 e. The molecule has 1 N–H and O–H groups in total. The Morgan fingerprint density at radius 3 is 2.70 bits per heavy atom. The number of rotatable bonds is 2. The standard InChI is InChI=1S/C13H20F3N3O/c14-13(15,16)11-2-7-18(8-3-11)10-12(20)19-6-1-4-17-5-9-19/h2,17H,1,3-10H2. The Balaban J connectivity index is 1.82. The normalized spacial score (nSPS) is 22.4. The van der Waals surface area contributed by atoms with Crippen LogP contribution >= 0.6 is 0 Å². The average molecular weight is 291 g/mol. The molecule has 0 unspecified atom stereocenters. The van der Waals surface area contributed by atoms with Crippen LogP contribution in [-0.4, -0.2) is 67.7 Å². The van der Waals surface area contributed by atoms with Crippen LogP contribution in [0.1, 0.15) is 12.8 Å². The van der Waals surface area contributed by atoms with Crippen molar-refractivity contribution in [2.45, 2.75) is 19.0 Å². The number of nitrogens with one attached hydrogen (secondary N) is 1. The van der Waals surface area contributed by atoms with Gasteiger partial charge in [-0.1, -0.05) is 6.08 Å². The van der Waals surface area contributed by atoms with E-state index in [4.69, 9.17) is 0 Å². The molecule has 2 heterocycles. The number of nitrogens with zero attached hydrogens (tertiary/aromatic N) is 2. The molecule has 0 aromatic carbocycles. The number of hydrogen-bond acceptors (Lipinski definition) is 3. The molecule has 4 nitrogen and oxygen atoms in total. The van der Waals surface area contributed by atoms with E-state index in [-0.39, 0.29) is 25.4 Å². The Hall–Kier alpha value is -1.08. The molecule has 0 saturated carbocycles. The second kappa shape index (κ2) is 6.58. The Kier molecular flexibility index (Phi) is 5.04. The van der Waals surface area contributed by atoms with Crippen LogP contribution in [0.4, 0.5) is 13.2 Å². The van der Waals surface area contributed by atoms with Crippen molar-refractivity contribution in [3.63, 3.8) is 0 Å². The second-order valence-corrected chi connectivity index (χ2v) is 5.20. The molecule has 114 valence electrons. The van der Waals surface area contributed by atoms with Crippen LogP contribution in [-0.2, 0) is 4.79 Å². The van der Waals surface area contributed by atoms with Gasteiger partial charge in [0.2, 0.25) is 5.91 Å². The van der Waals surface area contributed by atoms with Crippen molar-refractivity contribution in [1.82, 2.24) is 15.1 Å². The minimum atomic E-state index is -4.23. The van der Waals surface area contributed by atoms with Crippen molar-refractivity contribution in [2.75, 3.05) is 45.8 Å². The molecule has 7 heteroatoms. The van der Waals surface area contributed by atoms with Crippen molar-refractivity contribution in [3.8, 4) is 0 Å². The number of amides is 1. The summed E-state index contributed by atoms with van der Waals surface area (Å²) in [4.78, 5) is 15.7. The summed E-state index contributed by atoms with van der Waals surface area (Å²) in [5.41, 5.74) is -0.472. The molecule has 0 aromatic rings. The predicted molar refractivity (Wildman–Crippen MR) is 69.3 cm³/mol. The van der Waals surface area contributed by atoms with Crippen molar-refractivity contribution < 1.29 is 18.0 Å². The molecule has 0 bridgehead atoms. The van der Waals surface area contributed by atoms with E-state index in [1.165, 1.54) is 6.08 Å². The largest absolute Gasteiger partial charge is 0.412 e. The Morgan fingerprint density at radius 2 is 2.05 bits per heavy atom. The van der Waals surface area contributed by atoms with Crippen molar-refractivity contribution in [1.29, 1.82) is 0 Å². The first-order valence-electron chi connectivity index (χ1n) is 6.94. The SMILES string of the molecule is O=C(CN1CC=C(C(F)(F)F)CC1)N1CCCNCC1. The van der Waals surface area contributed by atoms with E-state index in [1.807, 2.05) is 0 Å². The molecule has 0 aromatic heterocycles. The van der Waals surface area contributed by atoms with Gasteiger partial charge in [-0.05, 0) is 19.4 Å². The third-order valence-electron chi connectivity index (χ3n) is 3.71. The van der Waals surface area contributed by atoms with Crippen molar-refractivity contribution in [3.05, 3.63) is 11.6 Å². The summed E-state index contributed by atoms with van der Waals surface area (Å²) in [6.45, 7) is 3.80. The monoisotopic (exact) mass is 291 g/mol. The molecule has 0 spiro atoms. The highest BCUT2D eigenvalue weighted by Gasteiger charge is 2.35. The van der Waals surface area contributed by atoms with Crippen LogP contribution in [0.2, 0.25) is 0 Å². The Labute approximate surface area is 116 Å². The lowest BCUT2D eigenvalue weighted by atomic mass is 10.1. The number of halogens is 3. The predicted octanol–water partition coefficient (Wildman–Crippen LogP) is 1.00. The minimum absolute atomic E-state index is 0.0116. The molecular formula is C13H20F3N3O. The lowest BCUT2D eigenvalue weighted by Crippen LogP contribution is -2.43.